The number of fused-ring (bicyclic) bond motifs is 1. The Morgan fingerprint density at radius 3 is 2.88 bits per heavy atom. The fourth-order valence-electron chi connectivity index (χ4n) is 3.07. The molecular weight excluding hydrogens is 348 g/mol. The Morgan fingerprint density at radius 1 is 1.31 bits per heavy atom. The van der Waals surface area contributed by atoms with Crippen LogP contribution in [0.5, 0.6) is 5.75 Å². The Labute approximate surface area is 158 Å². The summed E-state index contributed by atoms with van der Waals surface area (Å²) in [7, 11) is 1.65. The number of carbonyl (C=O) groups is 1. The molecule has 1 aromatic heterocycles. The molecule has 7 heteroatoms. The molecule has 0 aliphatic carbocycles. The highest BCUT2D eigenvalue weighted by Crippen LogP contribution is 2.25. The average Bonchev–Trinajstić information content (AvgIpc) is 3.09. The van der Waals surface area contributed by atoms with Crippen LogP contribution in [0.4, 0.5) is 0 Å². The number of aromatic nitrogens is 3. The van der Waals surface area contributed by atoms with Gasteiger partial charge in [0.1, 0.15) is 17.4 Å². The van der Waals surface area contributed by atoms with Gasteiger partial charge >= 0.3 is 0 Å². The minimum Gasteiger partial charge on any atom is -0.497 e. The van der Waals surface area contributed by atoms with Gasteiger partial charge in [-0.1, -0.05) is 0 Å². The molecule has 1 atom stereocenters. The first kappa shape index (κ1) is 18.8. The van der Waals surface area contributed by atoms with Crippen LogP contribution in [0.15, 0.2) is 29.2 Å². The molecule has 2 heterocycles. The molecular formula is C19H26N4O2S. The number of hydrogen-bond acceptors (Lipinski definition) is 5. The first-order valence-electron chi connectivity index (χ1n) is 9.17. The number of ether oxygens (including phenoxy) is 1. The molecule has 1 aliphatic heterocycles. The second kappa shape index (κ2) is 9.07. The van der Waals surface area contributed by atoms with Crippen LogP contribution in [0.25, 0.3) is 0 Å². The minimum absolute atomic E-state index is 0.0640. The SMILES string of the molecule is COc1ccc(SC(C)C(=O)NCCCc2nnc3n2CCCC3)cc1. The number of benzene rings is 1. The Hall–Kier alpha value is -2.02. The quantitative estimate of drug-likeness (QED) is 0.568. The van der Waals surface area contributed by atoms with Crippen molar-refractivity contribution in [3.05, 3.63) is 35.9 Å². The summed E-state index contributed by atoms with van der Waals surface area (Å²) in [6.07, 6.45) is 5.17. The van der Waals surface area contributed by atoms with Crippen molar-refractivity contribution in [2.24, 2.45) is 0 Å². The Balaban J connectivity index is 1.40. The summed E-state index contributed by atoms with van der Waals surface area (Å²) in [4.78, 5) is 13.3. The molecule has 0 fully saturated rings. The zero-order chi connectivity index (χ0) is 18.4. The van der Waals surface area contributed by atoms with Crippen LogP contribution in [0.3, 0.4) is 0 Å². The van der Waals surface area contributed by atoms with Gasteiger partial charge in [-0.25, -0.2) is 0 Å². The van der Waals surface area contributed by atoms with Crippen molar-refractivity contribution in [2.75, 3.05) is 13.7 Å². The second-order valence-corrected chi connectivity index (χ2v) is 7.89. The molecule has 1 unspecified atom stereocenters. The third-order valence-corrected chi connectivity index (χ3v) is 5.67. The number of amides is 1. The van der Waals surface area contributed by atoms with Crippen LogP contribution in [0, 0.1) is 0 Å². The minimum atomic E-state index is -0.135. The third kappa shape index (κ3) is 4.78. The van der Waals surface area contributed by atoms with E-state index in [2.05, 4.69) is 20.1 Å². The van der Waals surface area contributed by atoms with E-state index in [1.54, 1.807) is 18.9 Å². The van der Waals surface area contributed by atoms with Crippen LogP contribution in [0.2, 0.25) is 0 Å². The second-order valence-electron chi connectivity index (χ2n) is 6.47. The fourth-order valence-corrected chi connectivity index (χ4v) is 3.96. The molecule has 1 amide bonds. The summed E-state index contributed by atoms with van der Waals surface area (Å²) < 4.78 is 7.40. The highest BCUT2D eigenvalue weighted by atomic mass is 32.2. The highest BCUT2D eigenvalue weighted by Gasteiger charge is 2.16. The van der Waals surface area contributed by atoms with Gasteiger partial charge in [0, 0.05) is 30.8 Å². The lowest BCUT2D eigenvalue weighted by atomic mass is 10.1. The van der Waals surface area contributed by atoms with Gasteiger partial charge in [0.15, 0.2) is 0 Å². The smallest absolute Gasteiger partial charge is 0.233 e. The van der Waals surface area contributed by atoms with E-state index in [4.69, 9.17) is 4.74 Å². The monoisotopic (exact) mass is 374 g/mol. The number of nitrogens with one attached hydrogen (secondary N) is 1. The first-order valence-corrected chi connectivity index (χ1v) is 10.0. The number of nitrogens with zero attached hydrogens (tertiary/aromatic N) is 3. The van der Waals surface area contributed by atoms with Crippen LogP contribution in [-0.2, 0) is 24.2 Å². The first-order chi connectivity index (χ1) is 12.7. The van der Waals surface area contributed by atoms with Crippen molar-refractivity contribution in [1.82, 2.24) is 20.1 Å². The number of aryl methyl sites for hydroxylation is 2. The molecule has 1 N–H and O–H groups in total. The molecule has 1 aromatic carbocycles. The van der Waals surface area contributed by atoms with Crippen molar-refractivity contribution < 1.29 is 9.53 Å². The molecule has 3 rings (SSSR count). The average molecular weight is 375 g/mol. The predicted octanol–water partition coefficient (Wildman–Crippen LogP) is 2.85. The maximum Gasteiger partial charge on any atom is 0.233 e. The lowest BCUT2D eigenvalue weighted by Gasteiger charge is -2.15. The number of hydrogen-bond donors (Lipinski definition) is 1. The van der Waals surface area contributed by atoms with Gasteiger partial charge in [0.25, 0.3) is 0 Å². The Morgan fingerprint density at radius 2 is 2.12 bits per heavy atom. The van der Waals surface area contributed by atoms with Crippen LogP contribution in [-0.4, -0.2) is 39.6 Å². The van der Waals surface area contributed by atoms with E-state index in [-0.39, 0.29) is 11.2 Å². The van der Waals surface area contributed by atoms with Gasteiger partial charge < -0.3 is 14.6 Å². The summed E-state index contributed by atoms with van der Waals surface area (Å²) in [6, 6.07) is 7.77. The number of methoxy groups -OCH3 is 1. The van der Waals surface area contributed by atoms with Crippen LogP contribution < -0.4 is 10.1 Å². The maximum absolute atomic E-state index is 12.3. The molecule has 0 saturated carbocycles. The highest BCUT2D eigenvalue weighted by molar-refractivity contribution is 8.00. The summed E-state index contributed by atoms with van der Waals surface area (Å²) in [5.74, 6) is 3.05. The summed E-state index contributed by atoms with van der Waals surface area (Å²) >= 11 is 1.55. The zero-order valence-corrected chi connectivity index (χ0v) is 16.2. The van der Waals surface area contributed by atoms with E-state index >= 15 is 0 Å². The van der Waals surface area contributed by atoms with Crippen molar-refractivity contribution in [2.45, 2.75) is 55.7 Å². The molecule has 0 spiro atoms. The van der Waals surface area contributed by atoms with Gasteiger partial charge in [0.05, 0.1) is 12.4 Å². The third-order valence-electron chi connectivity index (χ3n) is 4.55. The van der Waals surface area contributed by atoms with E-state index in [1.165, 1.54) is 12.8 Å². The fraction of sp³-hybridized carbons (Fsp3) is 0.526. The van der Waals surface area contributed by atoms with Gasteiger partial charge in [-0.05, 0) is 50.5 Å². The molecule has 6 nitrogen and oxygen atoms in total. The van der Waals surface area contributed by atoms with Crippen molar-refractivity contribution >= 4 is 17.7 Å². The molecule has 140 valence electrons. The number of rotatable bonds is 8. The van der Waals surface area contributed by atoms with E-state index in [0.717, 1.165) is 48.1 Å². The van der Waals surface area contributed by atoms with E-state index < -0.39 is 0 Å². The summed E-state index contributed by atoms with van der Waals surface area (Å²) in [5, 5.41) is 11.5. The van der Waals surface area contributed by atoms with Crippen LogP contribution >= 0.6 is 11.8 Å². The Kier molecular flexibility index (Phi) is 6.55. The predicted molar refractivity (Wildman–Crippen MR) is 103 cm³/mol. The largest absolute Gasteiger partial charge is 0.497 e. The lowest BCUT2D eigenvalue weighted by Crippen LogP contribution is -2.32. The number of thioether (sulfide) groups is 1. The molecule has 1 aliphatic rings. The van der Waals surface area contributed by atoms with Crippen molar-refractivity contribution in [1.29, 1.82) is 0 Å². The van der Waals surface area contributed by atoms with Crippen LogP contribution in [0.1, 0.15) is 37.8 Å². The maximum atomic E-state index is 12.3. The van der Waals surface area contributed by atoms with E-state index in [1.807, 2.05) is 31.2 Å². The molecule has 0 bridgehead atoms. The van der Waals surface area contributed by atoms with E-state index in [0.29, 0.717) is 6.54 Å². The van der Waals surface area contributed by atoms with E-state index in [9.17, 15) is 4.79 Å². The molecule has 2 aromatic rings. The zero-order valence-electron chi connectivity index (χ0n) is 15.4. The summed E-state index contributed by atoms with van der Waals surface area (Å²) in [6.45, 7) is 3.62. The Bertz CT molecular complexity index is 730. The lowest BCUT2D eigenvalue weighted by molar-refractivity contribution is -0.120. The normalized spacial score (nSPS) is 14.5. The molecule has 0 saturated heterocycles. The van der Waals surface area contributed by atoms with Gasteiger partial charge in [-0.3, -0.25) is 4.79 Å². The van der Waals surface area contributed by atoms with Gasteiger partial charge in [0.2, 0.25) is 5.91 Å². The standard InChI is InChI=1S/C19H26N4O2S/c1-14(26-16-10-8-15(25-2)9-11-16)19(24)20-12-5-7-18-22-21-17-6-3-4-13-23(17)18/h8-11,14H,3-7,12-13H2,1-2H3,(H,20,24). The molecule has 26 heavy (non-hydrogen) atoms. The molecule has 0 radical (unpaired) electrons. The topological polar surface area (TPSA) is 69.0 Å². The van der Waals surface area contributed by atoms with Crippen molar-refractivity contribution in [3.8, 4) is 5.75 Å². The summed E-state index contributed by atoms with van der Waals surface area (Å²) in [5.41, 5.74) is 0. The van der Waals surface area contributed by atoms with Gasteiger partial charge in [-0.2, -0.15) is 0 Å². The van der Waals surface area contributed by atoms with Crippen molar-refractivity contribution in [3.63, 3.8) is 0 Å². The number of carbonyl (C=O) groups excluding carboxylic acids is 1. The van der Waals surface area contributed by atoms with Gasteiger partial charge in [-0.15, -0.1) is 22.0 Å².